The van der Waals surface area contributed by atoms with Crippen molar-refractivity contribution in [1.29, 1.82) is 0 Å². The molecule has 5 nitrogen and oxygen atoms in total. The molecular formula is C25H34N3O2+. The molecule has 0 unspecified atom stereocenters. The van der Waals surface area contributed by atoms with Crippen LogP contribution < -0.4 is 19.4 Å². The number of amides is 1. The van der Waals surface area contributed by atoms with Crippen LogP contribution in [0.15, 0.2) is 54.6 Å². The summed E-state index contributed by atoms with van der Waals surface area (Å²) < 4.78 is 5.53. The van der Waals surface area contributed by atoms with E-state index in [1.165, 1.54) is 24.2 Å². The normalized spacial score (nSPS) is 18.2. The maximum absolute atomic E-state index is 13.4. The van der Waals surface area contributed by atoms with Gasteiger partial charge in [-0.3, -0.25) is 4.79 Å². The zero-order valence-corrected chi connectivity index (χ0v) is 18.1. The third kappa shape index (κ3) is 4.78. The predicted octanol–water partition coefficient (Wildman–Crippen LogP) is 2.77. The number of rotatable bonds is 6. The molecule has 1 saturated heterocycles. The molecule has 4 rings (SSSR count). The van der Waals surface area contributed by atoms with E-state index in [2.05, 4.69) is 34.1 Å². The first-order chi connectivity index (χ1) is 14.8. The maximum Gasteiger partial charge on any atom is 0.282 e. The number of hydrogen-bond acceptors (Lipinski definition) is 3. The number of nitrogens with zero attached hydrogens (tertiary/aromatic N) is 2. The van der Waals surface area contributed by atoms with Gasteiger partial charge in [0, 0.05) is 11.7 Å². The second-order valence-corrected chi connectivity index (χ2v) is 8.48. The highest BCUT2D eigenvalue weighted by Crippen LogP contribution is 2.28. The number of ether oxygens (including phenoxy) is 1. The second-order valence-electron chi connectivity index (χ2n) is 8.48. The molecule has 160 valence electrons. The van der Waals surface area contributed by atoms with Crippen molar-refractivity contribution in [2.75, 3.05) is 49.6 Å². The Morgan fingerprint density at radius 1 is 1.00 bits per heavy atom. The Morgan fingerprint density at radius 3 is 2.37 bits per heavy atom. The minimum absolute atomic E-state index is 0.272. The average molecular weight is 409 g/mol. The summed E-state index contributed by atoms with van der Waals surface area (Å²) in [7, 11) is 1.72. The summed E-state index contributed by atoms with van der Waals surface area (Å²) in [6.45, 7) is 4.40. The molecule has 2 aromatic carbocycles. The molecule has 0 radical (unpaired) electrons. The number of quaternary nitrogens is 1. The molecule has 1 N–H and O–H groups in total. The maximum atomic E-state index is 13.4. The molecule has 1 heterocycles. The molecule has 0 spiro atoms. The van der Waals surface area contributed by atoms with Gasteiger partial charge in [-0.2, -0.15) is 0 Å². The van der Waals surface area contributed by atoms with Crippen molar-refractivity contribution in [3.8, 4) is 5.75 Å². The zero-order valence-electron chi connectivity index (χ0n) is 18.1. The van der Waals surface area contributed by atoms with Gasteiger partial charge in [0.2, 0.25) is 0 Å². The van der Waals surface area contributed by atoms with Crippen LogP contribution in [0.3, 0.4) is 0 Å². The minimum Gasteiger partial charge on any atom is -0.495 e. The highest BCUT2D eigenvalue weighted by atomic mass is 16.5. The van der Waals surface area contributed by atoms with E-state index in [9.17, 15) is 4.79 Å². The van der Waals surface area contributed by atoms with Gasteiger partial charge in [-0.25, -0.2) is 0 Å². The van der Waals surface area contributed by atoms with Crippen LogP contribution in [-0.2, 0) is 4.79 Å². The molecule has 1 aliphatic heterocycles. The fraction of sp³-hybridized carbons (Fsp3) is 0.480. The van der Waals surface area contributed by atoms with Gasteiger partial charge in [-0.05, 0) is 37.1 Å². The summed E-state index contributed by atoms with van der Waals surface area (Å²) in [6, 6.07) is 18.8. The number of methoxy groups -OCH3 is 1. The van der Waals surface area contributed by atoms with Crippen LogP contribution in [0.1, 0.15) is 32.1 Å². The Labute approximate surface area is 180 Å². The Morgan fingerprint density at radius 2 is 1.67 bits per heavy atom. The lowest BCUT2D eigenvalue weighted by atomic mass is 9.93. The highest BCUT2D eigenvalue weighted by Gasteiger charge is 2.31. The van der Waals surface area contributed by atoms with E-state index in [1.54, 1.807) is 7.11 Å². The number of para-hydroxylation sites is 3. The number of carbonyl (C=O) groups is 1. The number of carbonyl (C=O) groups excluding carboxylic acids is 1. The summed E-state index contributed by atoms with van der Waals surface area (Å²) in [5.41, 5.74) is 2.21. The molecule has 2 aromatic rings. The van der Waals surface area contributed by atoms with Gasteiger partial charge >= 0.3 is 0 Å². The molecule has 0 aromatic heterocycles. The van der Waals surface area contributed by atoms with Gasteiger partial charge in [0.05, 0.1) is 39.0 Å². The van der Waals surface area contributed by atoms with Crippen molar-refractivity contribution in [2.45, 2.75) is 38.1 Å². The Balaban J connectivity index is 1.40. The van der Waals surface area contributed by atoms with E-state index in [0.717, 1.165) is 56.1 Å². The Kier molecular flexibility index (Phi) is 6.90. The lowest BCUT2D eigenvalue weighted by molar-refractivity contribution is -0.892. The van der Waals surface area contributed by atoms with Gasteiger partial charge in [-0.15, -0.1) is 0 Å². The monoisotopic (exact) mass is 408 g/mol. The van der Waals surface area contributed by atoms with Crippen molar-refractivity contribution in [3.05, 3.63) is 54.6 Å². The molecule has 1 amide bonds. The number of piperazine rings is 1. The van der Waals surface area contributed by atoms with Gasteiger partial charge in [-0.1, -0.05) is 49.6 Å². The summed E-state index contributed by atoms with van der Waals surface area (Å²) in [5, 5.41) is 0. The zero-order chi connectivity index (χ0) is 20.8. The molecule has 0 atom stereocenters. The minimum atomic E-state index is 0.272. The van der Waals surface area contributed by atoms with Crippen LogP contribution in [0.25, 0.3) is 0 Å². The smallest absolute Gasteiger partial charge is 0.282 e. The Bertz CT molecular complexity index is 812. The summed E-state index contributed by atoms with van der Waals surface area (Å²) >= 11 is 0. The van der Waals surface area contributed by atoms with Crippen LogP contribution in [-0.4, -0.2) is 51.8 Å². The predicted molar refractivity (Wildman–Crippen MR) is 122 cm³/mol. The first kappa shape index (κ1) is 20.7. The van der Waals surface area contributed by atoms with E-state index in [4.69, 9.17) is 4.74 Å². The lowest BCUT2D eigenvalue weighted by Crippen LogP contribution is -3.16. The molecule has 1 aliphatic carbocycles. The third-order valence-electron chi connectivity index (χ3n) is 6.54. The fourth-order valence-electron chi connectivity index (χ4n) is 4.92. The van der Waals surface area contributed by atoms with Crippen molar-refractivity contribution in [1.82, 2.24) is 0 Å². The standard InChI is InChI=1S/C25H33N3O2/c1-30-24-15-9-8-14-23(24)27-18-16-26(17-19-27)20-25(29)28(21-10-4-2-5-11-21)22-12-6-3-7-13-22/h2,4-5,8-11,14-15,22H,3,6-7,12-13,16-20H2,1H3/p+1. The number of nitrogens with one attached hydrogen (secondary N) is 1. The summed E-state index contributed by atoms with van der Waals surface area (Å²) in [4.78, 5) is 19.3. The van der Waals surface area contributed by atoms with Crippen LogP contribution in [0.4, 0.5) is 11.4 Å². The van der Waals surface area contributed by atoms with Crippen molar-refractivity contribution >= 4 is 17.3 Å². The van der Waals surface area contributed by atoms with Gasteiger partial charge in [0.25, 0.3) is 5.91 Å². The quantitative estimate of drug-likeness (QED) is 0.799. The van der Waals surface area contributed by atoms with E-state index >= 15 is 0 Å². The van der Waals surface area contributed by atoms with Crippen LogP contribution in [0.5, 0.6) is 5.75 Å². The van der Waals surface area contributed by atoms with Crippen molar-refractivity contribution in [2.24, 2.45) is 0 Å². The van der Waals surface area contributed by atoms with Crippen molar-refractivity contribution in [3.63, 3.8) is 0 Å². The third-order valence-corrected chi connectivity index (χ3v) is 6.54. The molecule has 5 heteroatoms. The summed E-state index contributed by atoms with van der Waals surface area (Å²) in [5.74, 6) is 1.19. The van der Waals surface area contributed by atoms with Crippen LogP contribution in [0.2, 0.25) is 0 Å². The number of hydrogen-bond donors (Lipinski definition) is 1. The van der Waals surface area contributed by atoms with E-state index in [-0.39, 0.29) is 5.91 Å². The topological polar surface area (TPSA) is 37.2 Å². The molecule has 2 aliphatic rings. The molecule has 30 heavy (non-hydrogen) atoms. The van der Waals surface area contributed by atoms with Crippen LogP contribution in [0, 0.1) is 0 Å². The first-order valence-electron chi connectivity index (χ1n) is 11.3. The fourth-order valence-corrected chi connectivity index (χ4v) is 4.92. The van der Waals surface area contributed by atoms with Crippen molar-refractivity contribution < 1.29 is 14.4 Å². The van der Waals surface area contributed by atoms with Gasteiger partial charge < -0.3 is 19.4 Å². The van der Waals surface area contributed by atoms with E-state index < -0.39 is 0 Å². The molecule has 2 fully saturated rings. The molecular weight excluding hydrogens is 374 g/mol. The highest BCUT2D eigenvalue weighted by molar-refractivity contribution is 5.94. The van der Waals surface area contributed by atoms with Gasteiger partial charge in [0.1, 0.15) is 5.75 Å². The SMILES string of the molecule is COc1ccccc1N1CC[NH+](CC(=O)N(c2ccccc2)C2CCCCC2)CC1. The van der Waals surface area contributed by atoms with Crippen LogP contribution >= 0.6 is 0 Å². The average Bonchev–Trinajstić information content (AvgIpc) is 2.81. The van der Waals surface area contributed by atoms with E-state index in [1.807, 2.05) is 30.3 Å². The Hall–Kier alpha value is -2.53. The van der Waals surface area contributed by atoms with Gasteiger partial charge in [0.15, 0.2) is 6.54 Å². The second kappa shape index (κ2) is 9.98. The largest absolute Gasteiger partial charge is 0.495 e. The van der Waals surface area contributed by atoms with E-state index in [0.29, 0.717) is 12.6 Å². The molecule has 1 saturated carbocycles. The lowest BCUT2D eigenvalue weighted by Gasteiger charge is -2.37. The molecule has 0 bridgehead atoms. The summed E-state index contributed by atoms with van der Waals surface area (Å²) in [6.07, 6.45) is 6.00. The number of benzene rings is 2. The number of anilines is 2. The first-order valence-corrected chi connectivity index (χ1v) is 11.3.